The molecule has 0 aromatic heterocycles. The maximum absolute atomic E-state index is 10.4. The maximum atomic E-state index is 10.4. The smallest absolute Gasteiger partial charge is 0.133 e. The van der Waals surface area contributed by atoms with Crippen molar-refractivity contribution in [3.05, 3.63) is 0 Å². The predicted molar refractivity (Wildman–Crippen MR) is 47.1 cm³/mol. The predicted octanol–water partition coefficient (Wildman–Crippen LogP) is 0.685. The van der Waals surface area contributed by atoms with Gasteiger partial charge >= 0.3 is 0 Å². The standard InChI is InChI=1S/C9H17NO2/c1-3-9-7-12-8(2)6-10(9)4-5-11/h5,8-9H,3-4,6-7H2,1-2H3. The van der Waals surface area contributed by atoms with Gasteiger partial charge < -0.3 is 9.53 Å². The molecule has 1 rings (SSSR count). The van der Waals surface area contributed by atoms with E-state index in [4.69, 9.17) is 4.74 Å². The van der Waals surface area contributed by atoms with E-state index in [0.717, 1.165) is 25.9 Å². The van der Waals surface area contributed by atoms with Crippen molar-refractivity contribution < 1.29 is 9.53 Å². The van der Waals surface area contributed by atoms with Crippen LogP contribution in [-0.2, 0) is 9.53 Å². The third-order valence-corrected chi connectivity index (χ3v) is 2.36. The number of rotatable bonds is 3. The number of carbonyl (C=O) groups excluding carboxylic acids is 1. The van der Waals surface area contributed by atoms with Crippen LogP contribution in [0, 0.1) is 0 Å². The fourth-order valence-corrected chi connectivity index (χ4v) is 1.61. The molecule has 2 atom stereocenters. The summed E-state index contributed by atoms with van der Waals surface area (Å²) in [6, 6.07) is 0.436. The van der Waals surface area contributed by atoms with Gasteiger partial charge in [0.15, 0.2) is 0 Å². The first-order chi connectivity index (χ1) is 5.77. The van der Waals surface area contributed by atoms with Crippen LogP contribution in [-0.4, -0.2) is 43.0 Å². The largest absolute Gasteiger partial charge is 0.376 e. The first kappa shape index (κ1) is 9.68. The summed E-state index contributed by atoms with van der Waals surface area (Å²) >= 11 is 0. The average molecular weight is 171 g/mol. The molecule has 0 bridgehead atoms. The van der Waals surface area contributed by atoms with Crippen LogP contribution in [0.2, 0.25) is 0 Å². The molecule has 12 heavy (non-hydrogen) atoms. The van der Waals surface area contributed by atoms with E-state index in [2.05, 4.69) is 11.8 Å². The molecule has 1 aliphatic heterocycles. The summed E-state index contributed by atoms with van der Waals surface area (Å²) in [4.78, 5) is 12.6. The molecule has 0 amide bonds. The van der Waals surface area contributed by atoms with Crippen LogP contribution in [0.1, 0.15) is 20.3 Å². The Hall–Kier alpha value is -0.410. The van der Waals surface area contributed by atoms with Crippen molar-refractivity contribution in [3.8, 4) is 0 Å². The van der Waals surface area contributed by atoms with E-state index in [1.807, 2.05) is 6.92 Å². The molecule has 3 nitrogen and oxygen atoms in total. The lowest BCUT2D eigenvalue weighted by atomic mass is 10.1. The monoisotopic (exact) mass is 171 g/mol. The number of nitrogens with zero attached hydrogens (tertiary/aromatic N) is 1. The van der Waals surface area contributed by atoms with Crippen molar-refractivity contribution in [1.29, 1.82) is 0 Å². The van der Waals surface area contributed by atoms with Crippen LogP contribution < -0.4 is 0 Å². The van der Waals surface area contributed by atoms with Gasteiger partial charge in [-0.3, -0.25) is 4.90 Å². The third kappa shape index (κ3) is 2.29. The third-order valence-electron chi connectivity index (χ3n) is 2.36. The molecule has 1 fully saturated rings. The molecule has 0 aliphatic carbocycles. The van der Waals surface area contributed by atoms with E-state index >= 15 is 0 Å². The Balaban J connectivity index is 2.45. The quantitative estimate of drug-likeness (QED) is 0.585. The Labute approximate surface area is 73.7 Å². The van der Waals surface area contributed by atoms with Crippen LogP contribution in [0.25, 0.3) is 0 Å². The molecule has 1 heterocycles. The van der Waals surface area contributed by atoms with Gasteiger partial charge in [0.25, 0.3) is 0 Å². The summed E-state index contributed by atoms with van der Waals surface area (Å²) < 4.78 is 5.50. The Morgan fingerprint density at radius 2 is 2.42 bits per heavy atom. The van der Waals surface area contributed by atoms with Crippen molar-refractivity contribution in [2.24, 2.45) is 0 Å². The molecule has 0 aromatic rings. The minimum atomic E-state index is 0.271. The van der Waals surface area contributed by atoms with Gasteiger partial charge in [-0.1, -0.05) is 6.92 Å². The minimum Gasteiger partial charge on any atom is -0.376 e. The lowest BCUT2D eigenvalue weighted by Gasteiger charge is -2.36. The number of ether oxygens (including phenoxy) is 1. The second-order valence-electron chi connectivity index (χ2n) is 3.33. The van der Waals surface area contributed by atoms with Gasteiger partial charge in [-0.25, -0.2) is 0 Å². The number of carbonyl (C=O) groups is 1. The highest BCUT2D eigenvalue weighted by atomic mass is 16.5. The molecule has 0 saturated carbocycles. The van der Waals surface area contributed by atoms with Crippen LogP contribution in [0.3, 0.4) is 0 Å². The van der Waals surface area contributed by atoms with Crippen LogP contribution in [0.5, 0.6) is 0 Å². The highest BCUT2D eigenvalue weighted by Crippen LogP contribution is 2.12. The second kappa shape index (κ2) is 4.58. The van der Waals surface area contributed by atoms with Gasteiger partial charge in [0, 0.05) is 12.6 Å². The zero-order valence-electron chi connectivity index (χ0n) is 7.82. The Bertz CT molecular complexity index is 149. The van der Waals surface area contributed by atoms with E-state index in [9.17, 15) is 4.79 Å². The van der Waals surface area contributed by atoms with Crippen LogP contribution in [0.4, 0.5) is 0 Å². The zero-order chi connectivity index (χ0) is 8.97. The Morgan fingerprint density at radius 1 is 1.67 bits per heavy atom. The fraction of sp³-hybridized carbons (Fsp3) is 0.889. The van der Waals surface area contributed by atoms with Gasteiger partial charge in [0.2, 0.25) is 0 Å². The molecule has 3 heteroatoms. The van der Waals surface area contributed by atoms with Crippen LogP contribution >= 0.6 is 0 Å². The molecular weight excluding hydrogens is 154 g/mol. The molecule has 2 unspecified atom stereocenters. The van der Waals surface area contributed by atoms with E-state index < -0.39 is 0 Å². The van der Waals surface area contributed by atoms with Gasteiger partial charge in [-0.05, 0) is 13.3 Å². The first-order valence-electron chi connectivity index (χ1n) is 4.57. The lowest BCUT2D eigenvalue weighted by Crippen LogP contribution is -2.49. The van der Waals surface area contributed by atoms with Crippen LogP contribution in [0.15, 0.2) is 0 Å². The molecule has 0 aromatic carbocycles. The lowest BCUT2D eigenvalue weighted by molar-refractivity contribution is -0.113. The van der Waals surface area contributed by atoms with Crippen molar-refractivity contribution >= 4 is 6.29 Å². The van der Waals surface area contributed by atoms with Crippen molar-refractivity contribution in [2.45, 2.75) is 32.4 Å². The number of hydrogen-bond donors (Lipinski definition) is 0. The molecule has 0 N–H and O–H groups in total. The summed E-state index contributed by atoms with van der Waals surface area (Å²) in [7, 11) is 0. The molecule has 70 valence electrons. The van der Waals surface area contributed by atoms with Crippen molar-refractivity contribution in [3.63, 3.8) is 0 Å². The maximum Gasteiger partial charge on any atom is 0.133 e. The van der Waals surface area contributed by atoms with E-state index in [1.54, 1.807) is 0 Å². The molecule has 0 radical (unpaired) electrons. The summed E-state index contributed by atoms with van der Waals surface area (Å²) in [5, 5.41) is 0. The molecule has 1 aliphatic rings. The second-order valence-corrected chi connectivity index (χ2v) is 3.33. The SMILES string of the molecule is CCC1COC(C)CN1CC=O. The highest BCUT2D eigenvalue weighted by molar-refractivity contribution is 5.52. The minimum absolute atomic E-state index is 0.271. The number of hydrogen-bond acceptors (Lipinski definition) is 3. The van der Waals surface area contributed by atoms with Gasteiger partial charge in [-0.15, -0.1) is 0 Å². The zero-order valence-corrected chi connectivity index (χ0v) is 7.82. The molecule has 1 saturated heterocycles. The molecular formula is C9H17NO2. The van der Waals surface area contributed by atoms with E-state index in [-0.39, 0.29) is 6.10 Å². The molecule has 0 spiro atoms. The highest BCUT2D eigenvalue weighted by Gasteiger charge is 2.24. The number of aldehydes is 1. The summed E-state index contributed by atoms with van der Waals surface area (Å²) in [5.74, 6) is 0. The average Bonchev–Trinajstić information content (AvgIpc) is 2.05. The Kier molecular flexibility index (Phi) is 3.69. The normalized spacial score (nSPS) is 31.8. The Morgan fingerprint density at radius 3 is 3.00 bits per heavy atom. The van der Waals surface area contributed by atoms with E-state index in [1.165, 1.54) is 0 Å². The van der Waals surface area contributed by atoms with Crippen molar-refractivity contribution in [2.75, 3.05) is 19.7 Å². The van der Waals surface area contributed by atoms with Gasteiger partial charge in [0.1, 0.15) is 6.29 Å². The van der Waals surface area contributed by atoms with E-state index in [0.29, 0.717) is 12.6 Å². The first-order valence-corrected chi connectivity index (χ1v) is 4.57. The van der Waals surface area contributed by atoms with Gasteiger partial charge in [-0.2, -0.15) is 0 Å². The summed E-state index contributed by atoms with van der Waals surface area (Å²) in [6.07, 6.45) is 2.30. The van der Waals surface area contributed by atoms with Gasteiger partial charge in [0.05, 0.1) is 19.3 Å². The van der Waals surface area contributed by atoms with Crippen molar-refractivity contribution in [1.82, 2.24) is 4.90 Å². The topological polar surface area (TPSA) is 29.5 Å². The summed E-state index contributed by atoms with van der Waals surface area (Å²) in [6.45, 7) is 6.38. The fourth-order valence-electron chi connectivity index (χ4n) is 1.61. The summed E-state index contributed by atoms with van der Waals surface area (Å²) in [5.41, 5.74) is 0. The number of morpholine rings is 1.